The lowest BCUT2D eigenvalue weighted by Gasteiger charge is -2.16. The van der Waals surface area contributed by atoms with E-state index in [0.29, 0.717) is 5.92 Å². The molecule has 0 radical (unpaired) electrons. The Kier molecular flexibility index (Phi) is 4.05. The third-order valence-corrected chi connectivity index (χ3v) is 4.36. The molecule has 17 heavy (non-hydrogen) atoms. The normalized spacial score (nSPS) is 15.6. The van der Waals surface area contributed by atoms with Crippen LogP contribution >= 0.6 is 11.3 Å². The Hall–Kier alpha value is -0.610. The molecule has 1 aliphatic carbocycles. The van der Waals surface area contributed by atoms with E-state index in [0.717, 1.165) is 28.2 Å². The molecule has 0 aromatic carbocycles. The summed E-state index contributed by atoms with van der Waals surface area (Å²) in [6.07, 6.45) is 3.67. The van der Waals surface area contributed by atoms with Crippen LogP contribution in [0.5, 0.6) is 0 Å². The Bertz CT molecular complexity index is 371. The Balaban J connectivity index is 2.04. The van der Waals surface area contributed by atoms with Crippen LogP contribution in [-0.4, -0.2) is 23.7 Å². The van der Waals surface area contributed by atoms with Gasteiger partial charge in [0.25, 0.3) is 0 Å². The predicted molar refractivity (Wildman–Crippen MR) is 72.7 cm³/mol. The van der Waals surface area contributed by atoms with Crippen LogP contribution in [0.15, 0.2) is 0 Å². The van der Waals surface area contributed by atoms with Crippen molar-refractivity contribution in [2.75, 3.05) is 18.5 Å². The van der Waals surface area contributed by atoms with Crippen molar-refractivity contribution in [3.8, 4) is 0 Å². The molecule has 1 aliphatic rings. The minimum Gasteiger partial charge on any atom is -0.391 e. The van der Waals surface area contributed by atoms with E-state index in [9.17, 15) is 5.11 Å². The molecule has 0 aliphatic heterocycles. The first-order valence-electron chi connectivity index (χ1n) is 6.43. The van der Waals surface area contributed by atoms with Crippen molar-refractivity contribution in [2.45, 2.75) is 45.6 Å². The minimum absolute atomic E-state index is 0.140. The molecule has 1 saturated carbocycles. The molecule has 0 unspecified atom stereocenters. The summed E-state index contributed by atoms with van der Waals surface area (Å²) in [5, 5.41) is 10.4. The molecule has 96 valence electrons. The maximum atomic E-state index is 9.36. The topological polar surface area (TPSA) is 36.4 Å². The smallest absolute Gasteiger partial charge is 0.185 e. The summed E-state index contributed by atoms with van der Waals surface area (Å²) in [7, 11) is 2.10. The summed E-state index contributed by atoms with van der Waals surface area (Å²) in [5.41, 5.74) is 1.16. The second-order valence-electron chi connectivity index (χ2n) is 5.34. The molecule has 4 heteroatoms. The lowest BCUT2D eigenvalue weighted by Crippen LogP contribution is -2.19. The van der Waals surface area contributed by atoms with Gasteiger partial charge in [-0.15, -0.1) is 0 Å². The van der Waals surface area contributed by atoms with Crippen LogP contribution in [0.1, 0.15) is 49.6 Å². The van der Waals surface area contributed by atoms with Crippen LogP contribution in [0.3, 0.4) is 0 Å². The molecule has 2 rings (SSSR count). The molecular weight excluding hydrogens is 232 g/mol. The summed E-state index contributed by atoms with van der Waals surface area (Å²) >= 11 is 1.65. The standard InChI is InChI=1S/C13H22N2OS/c1-9(2)6-7-15(3)13-14-12(10-4-5-10)11(8-16)17-13/h9-10,16H,4-8H2,1-3H3. The van der Waals surface area contributed by atoms with Crippen molar-refractivity contribution in [3.05, 3.63) is 10.6 Å². The average molecular weight is 254 g/mol. The van der Waals surface area contributed by atoms with Gasteiger partial charge in [0.2, 0.25) is 0 Å². The largest absolute Gasteiger partial charge is 0.391 e. The number of aliphatic hydroxyl groups excluding tert-OH is 1. The fraction of sp³-hybridized carbons (Fsp3) is 0.769. The van der Waals surface area contributed by atoms with Gasteiger partial charge < -0.3 is 10.0 Å². The van der Waals surface area contributed by atoms with Gasteiger partial charge in [-0.2, -0.15) is 0 Å². The third-order valence-electron chi connectivity index (χ3n) is 3.19. The summed E-state index contributed by atoms with van der Waals surface area (Å²) in [5.74, 6) is 1.35. The van der Waals surface area contributed by atoms with E-state index >= 15 is 0 Å². The first kappa shape index (κ1) is 12.8. The number of thiazole rings is 1. The molecular formula is C13H22N2OS. The maximum absolute atomic E-state index is 9.36. The first-order chi connectivity index (χ1) is 8.11. The highest BCUT2D eigenvalue weighted by molar-refractivity contribution is 7.15. The van der Waals surface area contributed by atoms with E-state index in [-0.39, 0.29) is 6.61 Å². The van der Waals surface area contributed by atoms with E-state index in [1.165, 1.54) is 19.3 Å². The molecule has 0 spiro atoms. The molecule has 1 heterocycles. The minimum atomic E-state index is 0.140. The predicted octanol–water partition coefficient (Wildman–Crippen LogP) is 3.00. The highest BCUT2D eigenvalue weighted by atomic mass is 32.1. The van der Waals surface area contributed by atoms with Gasteiger partial charge in [0.05, 0.1) is 17.2 Å². The van der Waals surface area contributed by atoms with Gasteiger partial charge >= 0.3 is 0 Å². The SMILES string of the molecule is CC(C)CCN(C)c1nc(C2CC2)c(CO)s1. The van der Waals surface area contributed by atoms with E-state index in [2.05, 4.69) is 25.8 Å². The van der Waals surface area contributed by atoms with Crippen molar-refractivity contribution >= 4 is 16.5 Å². The molecule has 1 N–H and O–H groups in total. The fourth-order valence-electron chi connectivity index (χ4n) is 1.85. The lowest BCUT2D eigenvalue weighted by molar-refractivity contribution is 0.284. The molecule has 1 fully saturated rings. The molecule has 1 aromatic rings. The van der Waals surface area contributed by atoms with Gasteiger partial charge in [-0.25, -0.2) is 4.98 Å². The third kappa shape index (κ3) is 3.19. The van der Waals surface area contributed by atoms with Gasteiger partial charge in [-0.3, -0.25) is 0 Å². The van der Waals surface area contributed by atoms with Crippen LogP contribution in [0, 0.1) is 5.92 Å². The number of anilines is 1. The second-order valence-corrected chi connectivity index (χ2v) is 6.40. The quantitative estimate of drug-likeness (QED) is 0.848. The van der Waals surface area contributed by atoms with Gasteiger partial charge in [0.1, 0.15) is 0 Å². The Labute approximate surface area is 107 Å². The number of nitrogens with zero attached hydrogens (tertiary/aromatic N) is 2. The zero-order chi connectivity index (χ0) is 12.4. The van der Waals surface area contributed by atoms with Crippen LogP contribution in [0.25, 0.3) is 0 Å². The van der Waals surface area contributed by atoms with Crippen molar-refractivity contribution in [3.63, 3.8) is 0 Å². The number of rotatable bonds is 6. The summed E-state index contributed by atoms with van der Waals surface area (Å²) < 4.78 is 0. The number of hydrogen-bond donors (Lipinski definition) is 1. The van der Waals surface area contributed by atoms with Gasteiger partial charge in [0, 0.05) is 19.5 Å². The van der Waals surface area contributed by atoms with E-state index in [1.807, 2.05) is 0 Å². The Morgan fingerprint density at radius 3 is 2.71 bits per heavy atom. The first-order valence-corrected chi connectivity index (χ1v) is 7.25. The van der Waals surface area contributed by atoms with Gasteiger partial charge in [-0.1, -0.05) is 25.2 Å². The Morgan fingerprint density at radius 1 is 1.47 bits per heavy atom. The molecule has 0 amide bonds. The zero-order valence-electron chi connectivity index (χ0n) is 10.9. The molecule has 0 bridgehead atoms. The van der Waals surface area contributed by atoms with Crippen molar-refractivity contribution < 1.29 is 5.11 Å². The molecule has 0 atom stereocenters. The second kappa shape index (κ2) is 5.36. The van der Waals surface area contributed by atoms with Crippen LogP contribution in [0.2, 0.25) is 0 Å². The average Bonchev–Trinajstić information content (AvgIpc) is 3.05. The van der Waals surface area contributed by atoms with Crippen LogP contribution in [0.4, 0.5) is 5.13 Å². The lowest BCUT2D eigenvalue weighted by atomic mass is 10.1. The van der Waals surface area contributed by atoms with Gasteiger partial charge in [0.15, 0.2) is 5.13 Å². The van der Waals surface area contributed by atoms with Crippen molar-refractivity contribution in [1.29, 1.82) is 0 Å². The zero-order valence-corrected chi connectivity index (χ0v) is 11.8. The van der Waals surface area contributed by atoms with E-state index in [4.69, 9.17) is 4.98 Å². The molecule has 3 nitrogen and oxygen atoms in total. The summed E-state index contributed by atoms with van der Waals surface area (Å²) in [6.45, 7) is 5.66. The van der Waals surface area contributed by atoms with Crippen LogP contribution in [-0.2, 0) is 6.61 Å². The monoisotopic (exact) mass is 254 g/mol. The van der Waals surface area contributed by atoms with E-state index < -0.39 is 0 Å². The number of hydrogen-bond acceptors (Lipinski definition) is 4. The van der Waals surface area contributed by atoms with Crippen molar-refractivity contribution in [1.82, 2.24) is 4.98 Å². The molecule has 0 saturated heterocycles. The highest BCUT2D eigenvalue weighted by Crippen LogP contribution is 2.44. The summed E-state index contributed by atoms with van der Waals surface area (Å²) in [4.78, 5) is 7.99. The maximum Gasteiger partial charge on any atom is 0.185 e. The summed E-state index contributed by atoms with van der Waals surface area (Å²) in [6, 6.07) is 0. The Morgan fingerprint density at radius 2 is 2.18 bits per heavy atom. The van der Waals surface area contributed by atoms with Gasteiger partial charge in [-0.05, 0) is 25.2 Å². The highest BCUT2D eigenvalue weighted by Gasteiger charge is 2.29. The number of aromatic nitrogens is 1. The molecule has 1 aromatic heterocycles. The number of aliphatic hydroxyl groups is 1. The van der Waals surface area contributed by atoms with Crippen molar-refractivity contribution in [2.24, 2.45) is 5.92 Å². The van der Waals surface area contributed by atoms with Crippen LogP contribution < -0.4 is 4.90 Å². The van der Waals surface area contributed by atoms with E-state index in [1.54, 1.807) is 11.3 Å². The fourth-order valence-corrected chi connectivity index (χ4v) is 2.84.